The average molecular weight is 921 g/mol. The Bertz CT molecular complexity index is 1500. The fourth-order valence-corrected chi connectivity index (χ4v) is 4.36. The molecule has 5 unspecified atom stereocenters. The van der Waals surface area contributed by atoms with Gasteiger partial charge in [0, 0.05) is 25.9 Å². The van der Waals surface area contributed by atoms with E-state index in [9.17, 15) is 48.9 Å². The van der Waals surface area contributed by atoms with Crippen molar-refractivity contribution in [3.63, 3.8) is 0 Å². The van der Waals surface area contributed by atoms with Gasteiger partial charge in [-0.2, -0.15) is 0 Å². The van der Waals surface area contributed by atoms with Crippen molar-refractivity contribution in [1.82, 2.24) is 10.6 Å². The van der Waals surface area contributed by atoms with E-state index in [0.29, 0.717) is 37.9 Å². The summed E-state index contributed by atoms with van der Waals surface area (Å²) in [6.45, 7) is 2.37. The van der Waals surface area contributed by atoms with Gasteiger partial charge in [-0.1, -0.05) is 6.08 Å². The lowest BCUT2D eigenvalue weighted by molar-refractivity contribution is -0.174. The number of carboxylic acid groups (broad SMARTS) is 6. The first-order chi connectivity index (χ1) is 28.8. The lowest BCUT2D eigenvalue weighted by Gasteiger charge is -2.25. The van der Waals surface area contributed by atoms with Gasteiger partial charge in [0.15, 0.2) is 0 Å². The highest BCUT2D eigenvalue weighted by atomic mass is 16.5. The van der Waals surface area contributed by atoms with Crippen LogP contribution in [0.2, 0.25) is 0 Å². The number of nitrogens with two attached hydrogens (primary N) is 6. The van der Waals surface area contributed by atoms with Crippen molar-refractivity contribution in [2.75, 3.05) is 19.6 Å². The van der Waals surface area contributed by atoms with Crippen LogP contribution in [0, 0.1) is 0 Å². The van der Waals surface area contributed by atoms with Crippen LogP contribution >= 0.6 is 0 Å². The van der Waals surface area contributed by atoms with Gasteiger partial charge in [0.2, 0.25) is 11.7 Å². The minimum atomic E-state index is -2.25. The largest absolute Gasteiger partial charge is 0.480 e. The fraction of sp³-hybridized carbons (Fsp3) is 0.676. The number of hydrogen-bond donors (Lipinski definition) is 22. The standard InChI is InChI=1S/C10H15NO5.C5H10N2O4.C5H12N2O3.2C5H9NO3.C4H9NO3/c11-7(9(13)14)2-1-6-3-4-10(15,16)8(12)5-6;6-3(9)1-2(8)4(7)5(10)11;6-2-3(8)1-4(7)5(9)10;7-3-1-4(5(8)9)6-2-3;7-3-1-2-6-4(3)5(8)9;1-2(6)3(5)4(7)8/h3-5,7-8,12,15-16H,1-2,11H2,(H,13,14);2,4,8H,1,7H2,(H2,6,9)(H,10,11);3-4,8H,1-2,6-7H2,(H,9,10);2*3-4,6-7H,1-2H2,(H,8,9);2-3,6H,5H2,1H3,(H,7,8)/t7-,8?;2?,4-;3*3?,4-;2-,3+/m000001/s1. The SMILES string of the molecule is C[C@@H](O)[C@H](N)C(=O)O.NC(=O)CC(O)[C@H](N)C(=O)O.NCC(O)C[C@H](N)C(=O)O.N[C@@H](CCC1=CC(O)C(O)(O)C=C1)C(=O)O.O=C(O)[C@@H]1CC(O)CN1.O=C(O)[C@H]1NCCC1O. The number of amides is 1. The number of carbonyl (C=O) groups excluding carboxylic acids is 1. The predicted molar refractivity (Wildman–Crippen MR) is 213 cm³/mol. The van der Waals surface area contributed by atoms with Gasteiger partial charge in [0.05, 0.1) is 36.9 Å². The Kier molecular flexibility index (Phi) is 31.7. The summed E-state index contributed by atoms with van der Waals surface area (Å²) in [4.78, 5) is 71.0. The molecule has 1 amide bonds. The second-order valence-electron chi connectivity index (χ2n) is 13.9. The highest BCUT2D eigenvalue weighted by Gasteiger charge is 2.32. The van der Waals surface area contributed by atoms with Crippen LogP contribution in [0.5, 0.6) is 0 Å². The average Bonchev–Trinajstić information content (AvgIpc) is 3.83. The molecule has 1 aliphatic carbocycles. The molecule has 0 bridgehead atoms. The van der Waals surface area contributed by atoms with Gasteiger partial charge in [-0.15, -0.1) is 0 Å². The van der Waals surface area contributed by atoms with Gasteiger partial charge >= 0.3 is 35.8 Å². The number of allylic oxidation sites excluding steroid dienone is 2. The summed E-state index contributed by atoms with van der Waals surface area (Å²) in [6, 6.07) is -5.87. The third-order valence-corrected chi connectivity index (χ3v) is 8.30. The van der Waals surface area contributed by atoms with E-state index in [4.69, 9.17) is 84.8 Å². The maximum absolute atomic E-state index is 10.4. The molecule has 0 aromatic heterocycles. The number of rotatable bonds is 16. The van der Waals surface area contributed by atoms with Gasteiger partial charge in [0.1, 0.15) is 42.4 Å². The second kappa shape index (κ2) is 31.9. The van der Waals surface area contributed by atoms with E-state index in [-0.39, 0.29) is 19.4 Å². The molecule has 29 heteroatoms. The van der Waals surface area contributed by atoms with Crippen LogP contribution in [-0.2, 0) is 33.6 Å². The van der Waals surface area contributed by atoms with E-state index in [1.54, 1.807) is 0 Å². The molecular formula is C34H64N8O21. The highest BCUT2D eigenvalue weighted by molar-refractivity contribution is 5.78. The molecule has 2 heterocycles. The Labute approximate surface area is 359 Å². The first-order valence-corrected chi connectivity index (χ1v) is 18.6. The van der Waals surface area contributed by atoms with E-state index in [0.717, 1.165) is 6.08 Å². The number of hydrogen-bond acceptors (Lipinski definition) is 22. The van der Waals surface area contributed by atoms with Crippen LogP contribution in [0.15, 0.2) is 23.8 Å². The molecule has 29 nitrogen and oxygen atoms in total. The van der Waals surface area contributed by atoms with Crippen molar-refractivity contribution in [3.8, 4) is 0 Å². The van der Waals surface area contributed by atoms with Crippen molar-refractivity contribution in [2.45, 2.75) is 124 Å². The Hall–Kier alpha value is -4.83. The third kappa shape index (κ3) is 29.2. The monoisotopic (exact) mass is 920 g/mol. The molecule has 2 saturated heterocycles. The summed E-state index contributed by atoms with van der Waals surface area (Å²) in [5, 5.41) is 127. The van der Waals surface area contributed by atoms with Gasteiger partial charge < -0.3 is 117 Å². The topological polar surface area (TPSA) is 583 Å². The number of carbonyl (C=O) groups is 7. The van der Waals surface area contributed by atoms with Gasteiger partial charge in [-0.05, 0) is 50.5 Å². The fourth-order valence-electron chi connectivity index (χ4n) is 4.36. The number of aliphatic carboxylic acids is 6. The third-order valence-electron chi connectivity index (χ3n) is 8.30. The summed E-state index contributed by atoms with van der Waals surface area (Å²) >= 11 is 0. The van der Waals surface area contributed by atoms with Crippen molar-refractivity contribution in [1.29, 1.82) is 0 Å². The first kappa shape index (κ1) is 62.5. The lowest BCUT2D eigenvalue weighted by atomic mass is 9.95. The molecule has 12 atom stereocenters. The van der Waals surface area contributed by atoms with Crippen LogP contribution in [0.3, 0.4) is 0 Å². The Morgan fingerprint density at radius 1 is 0.794 bits per heavy atom. The molecule has 0 aromatic carbocycles. The van der Waals surface area contributed by atoms with E-state index in [1.165, 1.54) is 19.1 Å². The lowest BCUT2D eigenvalue weighted by Crippen LogP contribution is -2.43. The van der Waals surface area contributed by atoms with Gasteiger partial charge in [0.25, 0.3) is 0 Å². The normalized spacial score (nSPS) is 23.8. The zero-order valence-electron chi connectivity index (χ0n) is 34.1. The van der Waals surface area contributed by atoms with Crippen LogP contribution in [0.1, 0.15) is 45.4 Å². The number of aliphatic hydroxyl groups excluding tert-OH is 6. The molecule has 63 heavy (non-hydrogen) atoms. The Morgan fingerprint density at radius 3 is 1.60 bits per heavy atom. The maximum Gasteiger partial charge on any atom is 0.323 e. The molecular weight excluding hydrogens is 856 g/mol. The van der Waals surface area contributed by atoms with Crippen LogP contribution < -0.4 is 45.0 Å². The predicted octanol–water partition coefficient (Wildman–Crippen LogP) is -9.17. The minimum absolute atomic E-state index is 0.00579. The van der Waals surface area contributed by atoms with E-state index < -0.39 is 127 Å². The molecule has 0 radical (unpaired) electrons. The number of aliphatic hydroxyl groups is 8. The van der Waals surface area contributed by atoms with Gasteiger partial charge in [-0.25, -0.2) is 0 Å². The van der Waals surface area contributed by atoms with Crippen LogP contribution in [0.25, 0.3) is 0 Å². The van der Waals surface area contributed by atoms with Gasteiger partial charge in [-0.3, -0.25) is 33.6 Å². The Balaban J connectivity index is -0.000000698. The van der Waals surface area contributed by atoms with Crippen molar-refractivity contribution >= 4 is 41.7 Å². The molecule has 0 saturated carbocycles. The number of primary amides is 1. The number of nitrogens with one attached hydrogen (secondary N) is 2. The van der Waals surface area contributed by atoms with Crippen molar-refractivity contribution < 1.29 is 105 Å². The van der Waals surface area contributed by atoms with Crippen molar-refractivity contribution in [2.24, 2.45) is 34.4 Å². The molecule has 28 N–H and O–H groups in total. The molecule has 3 rings (SSSR count). The smallest absolute Gasteiger partial charge is 0.323 e. The number of carboxylic acids is 6. The molecule has 0 aromatic rings. The summed E-state index contributed by atoms with van der Waals surface area (Å²) in [6.07, 6.45) is -1.02. The zero-order chi connectivity index (χ0) is 49.9. The maximum atomic E-state index is 10.4. The number of β-amino-alcohol motifs (C(OH)–C–C–N with tert-alkyl or cyclic N) is 1. The van der Waals surface area contributed by atoms with Crippen LogP contribution in [-0.4, -0.2) is 212 Å². The quantitative estimate of drug-likeness (QED) is 0.0639. The summed E-state index contributed by atoms with van der Waals surface area (Å²) < 4.78 is 0. The zero-order valence-corrected chi connectivity index (χ0v) is 34.1. The molecule has 3 aliphatic rings. The summed E-state index contributed by atoms with van der Waals surface area (Å²) in [7, 11) is 0. The van der Waals surface area contributed by atoms with Crippen LogP contribution in [0.4, 0.5) is 0 Å². The minimum Gasteiger partial charge on any atom is -0.480 e. The highest BCUT2D eigenvalue weighted by Crippen LogP contribution is 2.22. The molecule has 0 spiro atoms. The second-order valence-corrected chi connectivity index (χ2v) is 13.9. The summed E-state index contributed by atoms with van der Waals surface area (Å²) in [5.74, 6) is -9.63. The van der Waals surface area contributed by atoms with Crippen molar-refractivity contribution in [3.05, 3.63) is 23.8 Å². The summed E-state index contributed by atoms with van der Waals surface area (Å²) in [5.41, 5.74) is 30.6. The van der Waals surface area contributed by atoms with E-state index >= 15 is 0 Å². The molecule has 366 valence electrons. The van der Waals surface area contributed by atoms with E-state index in [2.05, 4.69) is 16.4 Å². The molecule has 2 aliphatic heterocycles. The molecule has 2 fully saturated rings. The first-order valence-electron chi connectivity index (χ1n) is 18.6. The van der Waals surface area contributed by atoms with E-state index in [1.807, 2.05) is 0 Å². The Morgan fingerprint density at radius 2 is 1.32 bits per heavy atom.